The summed E-state index contributed by atoms with van der Waals surface area (Å²) in [5, 5.41) is 4.90. The molecule has 1 aliphatic heterocycles. The minimum Gasteiger partial charge on any atom is -0.351 e. The lowest BCUT2D eigenvalue weighted by Crippen LogP contribution is -2.48. The highest BCUT2D eigenvalue weighted by atomic mass is 35.5. The lowest BCUT2D eigenvalue weighted by Gasteiger charge is -2.34. The van der Waals surface area contributed by atoms with Crippen molar-refractivity contribution >= 4 is 44.2 Å². The Morgan fingerprint density at radius 2 is 1.90 bits per heavy atom. The Hall–Kier alpha value is -2.15. The van der Waals surface area contributed by atoms with Gasteiger partial charge in [0, 0.05) is 49.9 Å². The molecule has 0 bridgehead atoms. The van der Waals surface area contributed by atoms with E-state index in [0.717, 1.165) is 65.1 Å². The van der Waals surface area contributed by atoms with Crippen LogP contribution in [0.2, 0.25) is 5.02 Å². The molecule has 0 aliphatic carbocycles. The van der Waals surface area contributed by atoms with Crippen LogP contribution < -0.4 is 10.2 Å². The van der Waals surface area contributed by atoms with Gasteiger partial charge in [-0.3, -0.25) is 9.69 Å². The number of fused-ring (bicyclic) bond motifs is 1. The van der Waals surface area contributed by atoms with E-state index in [1.807, 2.05) is 45.0 Å². The van der Waals surface area contributed by atoms with Crippen molar-refractivity contribution in [1.29, 1.82) is 0 Å². The fourth-order valence-electron chi connectivity index (χ4n) is 3.88. The highest BCUT2D eigenvalue weighted by Crippen LogP contribution is 2.33. The van der Waals surface area contributed by atoms with E-state index in [2.05, 4.69) is 21.2 Å². The maximum Gasteiger partial charge on any atom is 0.251 e. The molecular formula is C23H27ClN4OS. The predicted octanol–water partition coefficient (Wildman–Crippen LogP) is 4.43. The van der Waals surface area contributed by atoms with Crippen LogP contribution in [0.3, 0.4) is 0 Å². The average molecular weight is 443 g/mol. The van der Waals surface area contributed by atoms with E-state index in [1.165, 1.54) is 10.3 Å². The number of thiazole rings is 1. The largest absolute Gasteiger partial charge is 0.351 e. The number of nitrogens with one attached hydrogen (secondary N) is 1. The van der Waals surface area contributed by atoms with Gasteiger partial charge in [-0.15, -0.1) is 0 Å². The molecule has 1 fully saturated rings. The average Bonchev–Trinajstić information content (AvgIpc) is 3.16. The number of halogens is 1. The third-order valence-electron chi connectivity index (χ3n) is 5.72. The van der Waals surface area contributed by atoms with Crippen molar-refractivity contribution in [2.24, 2.45) is 0 Å². The molecule has 7 heteroatoms. The monoisotopic (exact) mass is 442 g/mol. The van der Waals surface area contributed by atoms with Gasteiger partial charge in [0.15, 0.2) is 5.13 Å². The predicted molar refractivity (Wildman–Crippen MR) is 126 cm³/mol. The minimum atomic E-state index is 0.00893. The number of hydrogen-bond acceptors (Lipinski definition) is 5. The second-order valence-electron chi connectivity index (χ2n) is 7.92. The van der Waals surface area contributed by atoms with E-state index < -0.39 is 0 Å². The molecule has 4 rings (SSSR count). The molecule has 0 spiro atoms. The van der Waals surface area contributed by atoms with Crippen LogP contribution >= 0.6 is 22.9 Å². The molecule has 1 aliphatic rings. The van der Waals surface area contributed by atoms with Crippen LogP contribution in [0, 0.1) is 20.8 Å². The summed E-state index contributed by atoms with van der Waals surface area (Å²) in [6.07, 6.45) is 0. The summed E-state index contributed by atoms with van der Waals surface area (Å²) >= 11 is 7.97. The number of anilines is 1. The number of amides is 1. The maximum atomic E-state index is 12.4. The van der Waals surface area contributed by atoms with Gasteiger partial charge in [0.25, 0.3) is 5.91 Å². The van der Waals surface area contributed by atoms with Crippen LogP contribution in [0.5, 0.6) is 0 Å². The molecule has 3 aromatic rings. The van der Waals surface area contributed by atoms with Gasteiger partial charge in [-0.25, -0.2) is 4.98 Å². The van der Waals surface area contributed by atoms with Crippen LogP contribution in [0.4, 0.5) is 5.13 Å². The smallest absolute Gasteiger partial charge is 0.251 e. The number of piperazine rings is 1. The summed E-state index contributed by atoms with van der Waals surface area (Å²) in [7, 11) is 0. The number of rotatable bonds is 5. The lowest BCUT2D eigenvalue weighted by atomic mass is 10.1. The van der Waals surface area contributed by atoms with Crippen molar-refractivity contribution < 1.29 is 4.79 Å². The van der Waals surface area contributed by atoms with E-state index >= 15 is 0 Å². The van der Waals surface area contributed by atoms with Gasteiger partial charge < -0.3 is 10.2 Å². The van der Waals surface area contributed by atoms with Gasteiger partial charge in [-0.05, 0) is 50.1 Å². The van der Waals surface area contributed by atoms with Crippen molar-refractivity contribution in [2.45, 2.75) is 20.8 Å². The van der Waals surface area contributed by atoms with Crippen molar-refractivity contribution in [2.75, 3.05) is 44.2 Å². The molecule has 158 valence electrons. The quantitative estimate of drug-likeness (QED) is 0.635. The Balaban J connectivity index is 1.28. The van der Waals surface area contributed by atoms with Crippen molar-refractivity contribution in [3.05, 3.63) is 57.6 Å². The molecule has 1 saturated heterocycles. The fraction of sp³-hybridized carbons (Fsp3) is 0.391. The second kappa shape index (κ2) is 8.92. The highest BCUT2D eigenvalue weighted by Gasteiger charge is 2.20. The molecule has 5 nitrogen and oxygen atoms in total. The number of aryl methyl sites for hydroxylation is 3. The summed E-state index contributed by atoms with van der Waals surface area (Å²) in [5.74, 6) is 0.00893. The van der Waals surface area contributed by atoms with Crippen LogP contribution in [-0.4, -0.2) is 55.1 Å². The zero-order valence-corrected chi connectivity index (χ0v) is 19.2. The van der Waals surface area contributed by atoms with Gasteiger partial charge >= 0.3 is 0 Å². The van der Waals surface area contributed by atoms with Gasteiger partial charge in [0.05, 0.1) is 10.2 Å². The van der Waals surface area contributed by atoms with E-state index in [9.17, 15) is 4.79 Å². The number of carbonyl (C=O) groups is 1. The van der Waals surface area contributed by atoms with Crippen LogP contribution in [0.25, 0.3) is 10.2 Å². The number of carbonyl (C=O) groups excluding carboxylic acids is 1. The number of benzene rings is 2. The van der Waals surface area contributed by atoms with Crippen molar-refractivity contribution in [3.63, 3.8) is 0 Å². The third-order valence-corrected chi connectivity index (χ3v) is 7.21. The summed E-state index contributed by atoms with van der Waals surface area (Å²) in [6.45, 7) is 11.4. The van der Waals surface area contributed by atoms with Crippen LogP contribution in [0.15, 0.2) is 30.3 Å². The van der Waals surface area contributed by atoms with E-state index in [0.29, 0.717) is 6.54 Å². The first-order valence-corrected chi connectivity index (χ1v) is 11.5. The molecule has 1 aromatic heterocycles. The van der Waals surface area contributed by atoms with Crippen LogP contribution in [-0.2, 0) is 0 Å². The zero-order valence-electron chi connectivity index (χ0n) is 17.7. The molecule has 2 heterocycles. The van der Waals surface area contributed by atoms with E-state index in [1.54, 1.807) is 11.3 Å². The topological polar surface area (TPSA) is 48.5 Å². The summed E-state index contributed by atoms with van der Waals surface area (Å²) in [6, 6.07) is 9.95. The number of hydrogen-bond donors (Lipinski definition) is 1. The van der Waals surface area contributed by atoms with E-state index in [4.69, 9.17) is 16.6 Å². The van der Waals surface area contributed by atoms with Gasteiger partial charge in [0.1, 0.15) is 0 Å². The summed E-state index contributed by atoms with van der Waals surface area (Å²) in [5.41, 5.74) is 5.02. The first-order chi connectivity index (χ1) is 14.4. The molecule has 0 unspecified atom stereocenters. The molecule has 0 radical (unpaired) electrons. The molecule has 1 amide bonds. The number of aromatic nitrogens is 1. The maximum absolute atomic E-state index is 12.4. The summed E-state index contributed by atoms with van der Waals surface area (Å²) < 4.78 is 1.18. The lowest BCUT2D eigenvalue weighted by molar-refractivity contribution is 0.0947. The highest BCUT2D eigenvalue weighted by molar-refractivity contribution is 7.22. The van der Waals surface area contributed by atoms with Gasteiger partial charge in [0.2, 0.25) is 0 Å². The fourth-order valence-corrected chi connectivity index (χ4v) is 5.11. The zero-order chi connectivity index (χ0) is 21.3. The van der Waals surface area contributed by atoms with Gasteiger partial charge in [-0.2, -0.15) is 0 Å². The molecule has 2 aromatic carbocycles. The normalized spacial score (nSPS) is 15.0. The molecule has 0 atom stereocenters. The van der Waals surface area contributed by atoms with Crippen LogP contribution in [0.1, 0.15) is 27.0 Å². The molecule has 30 heavy (non-hydrogen) atoms. The Bertz CT molecular complexity index is 1070. The van der Waals surface area contributed by atoms with Gasteiger partial charge in [-0.1, -0.05) is 40.6 Å². The Morgan fingerprint density at radius 1 is 1.13 bits per heavy atom. The minimum absolute atomic E-state index is 0.00893. The molecule has 1 N–H and O–H groups in total. The molecular weight excluding hydrogens is 416 g/mol. The SMILES string of the molecule is Cc1ccc(C(=O)NCCN2CCN(c3nc4c(C)c(Cl)ccc4s3)CC2)c(C)c1. The van der Waals surface area contributed by atoms with Crippen molar-refractivity contribution in [1.82, 2.24) is 15.2 Å². The first kappa shape index (κ1) is 21.1. The third kappa shape index (κ3) is 4.46. The Morgan fingerprint density at radius 3 is 2.63 bits per heavy atom. The standard InChI is InChI=1S/C23H27ClN4OS/c1-15-4-5-18(16(2)14-15)22(29)25-8-9-27-10-12-28(13-11-27)23-26-21-17(3)19(24)6-7-20(21)30-23/h4-7,14H,8-13H2,1-3H3,(H,25,29). The number of nitrogens with zero attached hydrogens (tertiary/aromatic N) is 3. The Labute approximate surface area is 186 Å². The first-order valence-electron chi connectivity index (χ1n) is 10.3. The van der Waals surface area contributed by atoms with E-state index in [-0.39, 0.29) is 5.91 Å². The van der Waals surface area contributed by atoms with Crippen molar-refractivity contribution in [3.8, 4) is 0 Å². The Kier molecular flexibility index (Phi) is 6.27. The summed E-state index contributed by atoms with van der Waals surface area (Å²) in [4.78, 5) is 22.0. The molecule has 0 saturated carbocycles. The second-order valence-corrected chi connectivity index (χ2v) is 9.33.